The predicted octanol–water partition coefficient (Wildman–Crippen LogP) is 3.20. The highest BCUT2D eigenvalue weighted by Crippen LogP contribution is 2.28. The minimum absolute atomic E-state index is 0.0280. The van der Waals surface area contributed by atoms with Crippen LogP contribution < -0.4 is 0 Å². The van der Waals surface area contributed by atoms with Crippen molar-refractivity contribution < 1.29 is 9.53 Å². The molecule has 1 amide bonds. The van der Waals surface area contributed by atoms with Gasteiger partial charge in [-0.1, -0.05) is 31.4 Å². The van der Waals surface area contributed by atoms with E-state index < -0.39 is 0 Å². The second kappa shape index (κ2) is 7.83. The standard InChI is InChI=1S/C21H27N5O2/c1-14-9-10-16-11-17(21-22-23-24-26(21)20(16)15(14)2)12-25(19(27)13-28-3)18-7-5-4-6-8-18/h9-11,18H,4-8,12-13H2,1-3H3. The van der Waals surface area contributed by atoms with Crippen LogP contribution in [0.15, 0.2) is 18.2 Å². The largest absolute Gasteiger partial charge is 0.375 e. The lowest BCUT2D eigenvalue weighted by atomic mass is 9.93. The van der Waals surface area contributed by atoms with Crippen LogP contribution in [0.2, 0.25) is 0 Å². The number of benzene rings is 1. The highest BCUT2D eigenvalue weighted by atomic mass is 16.5. The Morgan fingerprint density at radius 2 is 2.04 bits per heavy atom. The van der Waals surface area contributed by atoms with Crippen molar-refractivity contribution in [3.8, 4) is 0 Å². The Hall–Kier alpha value is -2.54. The highest BCUT2D eigenvalue weighted by Gasteiger charge is 2.27. The minimum atomic E-state index is 0.0280. The molecular formula is C21H27N5O2. The summed E-state index contributed by atoms with van der Waals surface area (Å²) in [7, 11) is 1.57. The predicted molar refractivity (Wildman–Crippen MR) is 107 cm³/mol. The number of aromatic nitrogens is 4. The minimum Gasteiger partial charge on any atom is -0.375 e. The first-order valence-corrected chi connectivity index (χ1v) is 9.98. The van der Waals surface area contributed by atoms with Crippen molar-refractivity contribution in [2.45, 2.75) is 58.5 Å². The number of carbonyl (C=O) groups excluding carboxylic acids is 1. The zero-order valence-corrected chi connectivity index (χ0v) is 16.8. The first-order chi connectivity index (χ1) is 13.6. The number of fused-ring (bicyclic) bond motifs is 3. The number of rotatable bonds is 5. The number of amides is 1. The van der Waals surface area contributed by atoms with Crippen LogP contribution in [0.1, 0.15) is 48.8 Å². The van der Waals surface area contributed by atoms with Crippen molar-refractivity contribution >= 4 is 22.5 Å². The normalized spacial score (nSPS) is 15.4. The van der Waals surface area contributed by atoms with Gasteiger partial charge in [-0.3, -0.25) is 4.79 Å². The second-order valence-corrected chi connectivity index (χ2v) is 7.78. The molecule has 7 heteroatoms. The zero-order valence-electron chi connectivity index (χ0n) is 16.8. The SMILES string of the molecule is COCC(=O)N(Cc1cc2ccc(C)c(C)c2n2nnnc12)C1CCCCC1. The molecule has 1 aliphatic rings. The lowest BCUT2D eigenvalue weighted by molar-refractivity contribution is -0.139. The highest BCUT2D eigenvalue weighted by molar-refractivity contribution is 5.87. The number of aryl methyl sites for hydroxylation is 2. The summed E-state index contributed by atoms with van der Waals surface area (Å²) in [6, 6.07) is 6.60. The molecule has 2 aromatic heterocycles. The van der Waals surface area contributed by atoms with Crippen LogP contribution in [0.4, 0.5) is 0 Å². The Morgan fingerprint density at radius 1 is 1.25 bits per heavy atom. The molecule has 0 unspecified atom stereocenters. The Balaban J connectivity index is 1.78. The van der Waals surface area contributed by atoms with E-state index in [2.05, 4.69) is 47.6 Å². The van der Waals surface area contributed by atoms with Gasteiger partial charge in [0.15, 0.2) is 5.65 Å². The van der Waals surface area contributed by atoms with Gasteiger partial charge in [0.1, 0.15) is 6.61 Å². The van der Waals surface area contributed by atoms with Gasteiger partial charge in [-0.25, -0.2) is 0 Å². The number of ether oxygens (including phenoxy) is 1. The topological polar surface area (TPSA) is 72.6 Å². The third-order valence-corrected chi connectivity index (χ3v) is 5.98. The summed E-state index contributed by atoms with van der Waals surface area (Å²) in [5, 5.41) is 13.5. The van der Waals surface area contributed by atoms with E-state index in [1.807, 2.05) is 9.42 Å². The zero-order chi connectivity index (χ0) is 19.7. The molecule has 4 rings (SSSR count). The van der Waals surface area contributed by atoms with Crippen molar-refractivity contribution in [3.63, 3.8) is 0 Å². The van der Waals surface area contributed by atoms with E-state index >= 15 is 0 Å². The fourth-order valence-corrected chi connectivity index (χ4v) is 4.33. The van der Waals surface area contributed by atoms with Gasteiger partial charge in [-0.15, -0.1) is 5.10 Å². The summed E-state index contributed by atoms with van der Waals surface area (Å²) in [6.45, 7) is 4.78. The van der Waals surface area contributed by atoms with Gasteiger partial charge in [-0.05, 0) is 54.3 Å². The average Bonchev–Trinajstić information content (AvgIpc) is 3.19. The fourth-order valence-electron chi connectivity index (χ4n) is 4.33. The Morgan fingerprint density at radius 3 is 2.79 bits per heavy atom. The fraction of sp³-hybridized carbons (Fsp3) is 0.524. The molecule has 0 saturated heterocycles. The van der Waals surface area contributed by atoms with Crippen molar-refractivity contribution in [1.82, 2.24) is 24.9 Å². The number of hydrogen-bond donors (Lipinski definition) is 0. The maximum Gasteiger partial charge on any atom is 0.249 e. The van der Waals surface area contributed by atoms with Crippen LogP contribution >= 0.6 is 0 Å². The van der Waals surface area contributed by atoms with Crippen molar-refractivity contribution in [2.75, 3.05) is 13.7 Å². The van der Waals surface area contributed by atoms with Gasteiger partial charge in [-0.2, -0.15) is 4.52 Å². The summed E-state index contributed by atoms with van der Waals surface area (Å²) >= 11 is 0. The number of hydrogen-bond acceptors (Lipinski definition) is 5. The summed E-state index contributed by atoms with van der Waals surface area (Å²) in [5.41, 5.74) is 5.08. The van der Waals surface area contributed by atoms with E-state index in [1.54, 1.807) is 7.11 Å². The summed E-state index contributed by atoms with van der Waals surface area (Å²) in [5.74, 6) is 0.0280. The lowest BCUT2D eigenvalue weighted by Gasteiger charge is -2.34. The van der Waals surface area contributed by atoms with E-state index in [0.29, 0.717) is 12.2 Å². The lowest BCUT2D eigenvalue weighted by Crippen LogP contribution is -2.42. The molecule has 1 aromatic carbocycles. The molecule has 148 valence electrons. The Bertz CT molecular complexity index is 1010. The quantitative estimate of drug-likeness (QED) is 0.679. The Kier molecular flexibility index (Phi) is 5.26. The Labute approximate surface area is 164 Å². The second-order valence-electron chi connectivity index (χ2n) is 7.78. The summed E-state index contributed by atoms with van der Waals surface area (Å²) in [4.78, 5) is 14.8. The van der Waals surface area contributed by atoms with Crippen molar-refractivity contribution in [2.24, 2.45) is 0 Å². The number of pyridine rings is 1. The molecule has 0 N–H and O–H groups in total. The van der Waals surface area contributed by atoms with E-state index in [9.17, 15) is 4.79 Å². The smallest absolute Gasteiger partial charge is 0.249 e. The van der Waals surface area contributed by atoms with Crippen LogP contribution in [0.5, 0.6) is 0 Å². The van der Waals surface area contributed by atoms with Crippen LogP contribution in [0.3, 0.4) is 0 Å². The monoisotopic (exact) mass is 381 g/mol. The molecule has 0 bridgehead atoms. The van der Waals surface area contributed by atoms with Gasteiger partial charge in [0, 0.05) is 30.6 Å². The molecule has 7 nitrogen and oxygen atoms in total. The molecular weight excluding hydrogens is 354 g/mol. The number of carbonyl (C=O) groups is 1. The van der Waals surface area contributed by atoms with Crippen LogP contribution in [0.25, 0.3) is 16.6 Å². The molecule has 3 aromatic rings. The molecule has 1 aliphatic carbocycles. The molecule has 0 aliphatic heterocycles. The van der Waals surface area contributed by atoms with E-state index in [-0.39, 0.29) is 18.6 Å². The molecule has 1 saturated carbocycles. The maximum absolute atomic E-state index is 12.8. The molecule has 28 heavy (non-hydrogen) atoms. The third-order valence-electron chi connectivity index (χ3n) is 5.98. The van der Waals surface area contributed by atoms with Crippen molar-refractivity contribution in [1.29, 1.82) is 0 Å². The van der Waals surface area contributed by atoms with E-state index in [1.165, 1.54) is 30.4 Å². The number of methoxy groups -OCH3 is 1. The van der Waals surface area contributed by atoms with Gasteiger partial charge in [0.25, 0.3) is 0 Å². The average molecular weight is 381 g/mol. The van der Waals surface area contributed by atoms with Crippen LogP contribution in [-0.2, 0) is 16.1 Å². The first kappa shape index (κ1) is 18.8. The van der Waals surface area contributed by atoms with Gasteiger partial charge in [0.05, 0.1) is 5.52 Å². The van der Waals surface area contributed by atoms with Crippen LogP contribution in [0, 0.1) is 13.8 Å². The van der Waals surface area contributed by atoms with Gasteiger partial charge >= 0.3 is 0 Å². The van der Waals surface area contributed by atoms with Gasteiger partial charge in [0.2, 0.25) is 5.91 Å². The van der Waals surface area contributed by atoms with Crippen LogP contribution in [-0.4, -0.2) is 50.6 Å². The molecule has 2 heterocycles. The van der Waals surface area contributed by atoms with E-state index in [4.69, 9.17) is 4.74 Å². The number of tetrazole rings is 1. The molecule has 0 spiro atoms. The first-order valence-electron chi connectivity index (χ1n) is 9.98. The van der Waals surface area contributed by atoms with Gasteiger partial charge < -0.3 is 9.64 Å². The van der Waals surface area contributed by atoms with E-state index in [0.717, 1.165) is 29.3 Å². The molecule has 0 atom stereocenters. The maximum atomic E-state index is 12.8. The van der Waals surface area contributed by atoms with Crippen molar-refractivity contribution in [3.05, 3.63) is 34.9 Å². The molecule has 1 fully saturated rings. The molecule has 0 radical (unpaired) electrons. The summed E-state index contributed by atoms with van der Waals surface area (Å²) in [6.07, 6.45) is 5.67. The summed E-state index contributed by atoms with van der Waals surface area (Å²) < 4.78 is 6.96. The third kappa shape index (κ3) is 3.35. The number of nitrogens with zero attached hydrogens (tertiary/aromatic N) is 5.